The van der Waals surface area contributed by atoms with E-state index >= 15 is 0 Å². The van der Waals surface area contributed by atoms with Gasteiger partial charge in [0.15, 0.2) is 0 Å². The minimum atomic E-state index is 0.823. The summed E-state index contributed by atoms with van der Waals surface area (Å²) < 4.78 is 2.33. The Kier molecular flexibility index (Phi) is 3.89. The van der Waals surface area contributed by atoms with Gasteiger partial charge in [0, 0.05) is 12.1 Å². The number of rotatable bonds is 3. The van der Waals surface area contributed by atoms with Crippen LogP contribution in [-0.4, -0.2) is 9.55 Å². The van der Waals surface area contributed by atoms with Gasteiger partial charge in [-0.25, -0.2) is 4.98 Å². The van der Waals surface area contributed by atoms with Crippen LogP contribution in [0, 0.1) is 20.8 Å². The lowest BCUT2D eigenvalue weighted by molar-refractivity contribution is 0.833. The van der Waals surface area contributed by atoms with Crippen molar-refractivity contribution in [2.24, 2.45) is 0 Å². The van der Waals surface area contributed by atoms with E-state index < -0.39 is 0 Å². The quantitative estimate of drug-likeness (QED) is 0.474. The predicted molar refractivity (Wildman–Crippen MR) is 105 cm³/mol. The lowest BCUT2D eigenvalue weighted by Gasteiger charge is -2.12. The van der Waals surface area contributed by atoms with Crippen LogP contribution in [0.1, 0.15) is 22.3 Å². The van der Waals surface area contributed by atoms with Crippen LogP contribution in [0.5, 0.6) is 0 Å². The Morgan fingerprint density at radius 1 is 0.800 bits per heavy atom. The fraction of sp³-hybridized carbons (Fsp3) is 0.174. The molecule has 0 saturated carbocycles. The van der Waals surface area contributed by atoms with E-state index in [9.17, 15) is 0 Å². The summed E-state index contributed by atoms with van der Waals surface area (Å²) in [5, 5.41) is 0. The maximum absolute atomic E-state index is 4.95. The van der Waals surface area contributed by atoms with Crippen LogP contribution >= 0.6 is 0 Å². The van der Waals surface area contributed by atoms with Crippen molar-refractivity contribution in [3.8, 4) is 11.4 Å². The van der Waals surface area contributed by atoms with Crippen molar-refractivity contribution in [3.63, 3.8) is 0 Å². The molecule has 2 heteroatoms. The van der Waals surface area contributed by atoms with Gasteiger partial charge in [-0.05, 0) is 44.0 Å². The maximum Gasteiger partial charge on any atom is 0.141 e. The molecule has 0 N–H and O–H groups in total. The van der Waals surface area contributed by atoms with Crippen LogP contribution in [0.4, 0.5) is 0 Å². The molecule has 124 valence electrons. The number of hydrogen-bond donors (Lipinski definition) is 0. The highest BCUT2D eigenvalue weighted by molar-refractivity contribution is 5.81. The monoisotopic (exact) mass is 326 g/mol. The molecule has 4 aromatic rings. The van der Waals surface area contributed by atoms with Gasteiger partial charge in [-0.15, -0.1) is 0 Å². The summed E-state index contributed by atoms with van der Waals surface area (Å²) in [4.78, 5) is 4.95. The normalized spacial score (nSPS) is 11.2. The van der Waals surface area contributed by atoms with E-state index in [0.717, 1.165) is 17.9 Å². The van der Waals surface area contributed by atoms with Gasteiger partial charge in [-0.2, -0.15) is 0 Å². The summed E-state index contributed by atoms with van der Waals surface area (Å²) in [6.07, 6.45) is 0. The van der Waals surface area contributed by atoms with Crippen molar-refractivity contribution >= 4 is 11.0 Å². The first-order chi connectivity index (χ1) is 12.1. The molecule has 0 unspecified atom stereocenters. The first-order valence-corrected chi connectivity index (χ1v) is 8.70. The van der Waals surface area contributed by atoms with Gasteiger partial charge in [0.05, 0.1) is 11.0 Å². The zero-order chi connectivity index (χ0) is 17.4. The van der Waals surface area contributed by atoms with Crippen LogP contribution in [-0.2, 0) is 6.54 Å². The third kappa shape index (κ3) is 2.96. The molecule has 1 aromatic heterocycles. The van der Waals surface area contributed by atoms with Gasteiger partial charge < -0.3 is 4.57 Å². The molecule has 0 saturated heterocycles. The van der Waals surface area contributed by atoms with Crippen molar-refractivity contribution in [1.82, 2.24) is 9.55 Å². The van der Waals surface area contributed by atoms with Crippen LogP contribution < -0.4 is 0 Å². The van der Waals surface area contributed by atoms with Crippen molar-refractivity contribution in [3.05, 3.63) is 89.0 Å². The van der Waals surface area contributed by atoms with Gasteiger partial charge >= 0.3 is 0 Å². The molecule has 0 aliphatic heterocycles. The standard InChI is InChI=1S/C23H22N2/c1-16-8-11-19(12-9-16)15-25-22-7-5-4-6-21(22)24-23(25)20-13-10-17(2)14-18(20)3/h4-14H,15H2,1-3H3. The summed E-state index contributed by atoms with van der Waals surface area (Å²) in [7, 11) is 0. The van der Waals surface area contributed by atoms with Gasteiger partial charge in [0.2, 0.25) is 0 Å². The van der Waals surface area contributed by atoms with E-state index in [1.807, 2.05) is 0 Å². The van der Waals surface area contributed by atoms with Crippen LogP contribution in [0.15, 0.2) is 66.7 Å². The second-order valence-corrected chi connectivity index (χ2v) is 6.81. The summed E-state index contributed by atoms with van der Waals surface area (Å²) >= 11 is 0. The Labute approximate surface area is 148 Å². The minimum absolute atomic E-state index is 0.823. The van der Waals surface area contributed by atoms with E-state index in [4.69, 9.17) is 4.98 Å². The third-order valence-electron chi connectivity index (χ3n) is 4.74. The number of fused-ring (bicyclic) bond motifs is 1. The summed E-state index contributed by atoms with van der Waals surface area (Å²) in [6, 6.07) is 23.7. The molecule has 0 fully saturated rings. The molecular formula is C23H22N2. The summed E-state index contributed by atoms with van der Waals surface area (Å²) in [6.45, 7) is 7.24. The smallest absolute Gasteiger partial charge is 0.141 e. The molecule has 4 rings (SSSR count). The number of benzene rings is 3. The first kappa shape index (κ1) is 15.6. The van der Waals surface area contributed by atoms with Crippen LogP contribution in [0.3, 0.4) is 0 Å². The fourth-order valence-corrected chi connectivity index (χ4v) is 3.38. The molecule has 25 heavy (non-hydrogen) atoms. The Morgan fingerprint density at radius 3 is 2.28 bits per heavy atom. The maximum atomic E-state index is 4.95. The van der Waals surface area contributed by atoms with Crippen molar-refractivity contribution in [2.75, 3.05) is 0 Å². The molecule has 2 nitrogen and oxygen atoms in total. The van der Waals surface area contributed by atoms with Crippen molar-refractivity contribution in [2.45, 2.75) is 27.3 Å². The number of aryl methyl sites for hydroxylation is 3. The SMILES string of the molecule is Cc1ccc(Cn2c(-c3ccc(C)cc3C)nc3ccccc32)cc1. The molecule has 0 bridgehead atoms. The number of hydrogen-bond acceptors (Lipinski definition) is 1. The molecule has 0 radical (unpaired) electrons. The Morgan fingerprint density at radius 2 is 1.52 bits per heavy atom. The van der Waals surface area contributed by atoms with Crippen LogP contribution in [0.25, 0.3) is 22.4 Å². The highest BCUT2D eigenvalue weighted by Gasteiger charge is 2.14. The van der Waals surface area contributed by atoms with Crippen LogP contribution in [0.2, 0.25) is 0 Å². The lowest BCUT2D eigenvalue weighted by atomic mass is 10.0. The molecule has 0 atom stereocenters. The van der Waals surface area contributed by atoms with Gasteiger partial charge in [-0.3, -0.25) is 0 Å². The van der Waals surface area contributed by atoms with Gasteiger partial charge in [0.1, 0.15) is 5.82 Å². The zero-order valence-electron chi connectivity index (χ0n) is 15.0. The fourth-order valence-electron chi connectivity index (χ4n) is 3.38. The lowest BCUT2D eigenvalue weighted by Crippen LogP contribution is -2.03. The summed E-state index contributed by atoms with van der Waals surface area (Å²) in [5.41, 5.74) is 8.55. The largest absolute Gasteiger partial charge is 0.319 e. The second kappa shape index (κ2) is 6.21. The summed E-state index contributed by atoms with van der Waals surface area (Å²) in [5.74, 6) is 1.04. The molecular weight excluding hydrogens is 304 g/mol. The number of aromatic nitrogens is 2. The third-order valence-corrected chi connectivity index (χ3v) is 4.74. The predicted octanol–water partition coefficient (Wildman–Crippen LogP) is 5.68. The average Bonchev–Trinajstić information content (AvgIpc) is 2.95. The molecule has 0 spiro atoms. The minimum Gasteiger partial charge on any atom is -0.319 e. The highest BCUT2D eigenvalue weighted by atomic mass is 15.1. The van der Waals surface area contributed by atoms with Crippen molar-refractivity contribution < 1.29 is 0 Å². The molecule has 3 aromatic carbocycles. The molecule has 1 heterocycles. The van der Waals surface area contributed by atoms with E-state index in [0.29, 0.717) is 0 Å². The topological polar surface area (TPSA) is 17.8 Å². The van der Waals surface area contributed by atoms with Crippen molar-refractivity contribution in [1.29, 1.82) is 0 Å². The highest BCUT2D eigenvalue weighted by Crippen LogP contribution is 2.28. The van der Waals surface area contributed by atoms with E-state index in [2.05, 4.69) is 92.1 Å². The number of imidazole rings is 1. The molecule has 0 aliphatic rings. The number of nitrogens with zero attached hydrogens (tertiary/aromatic N) is 2. The Hall–Kier alpha value is -2.87. The van der Waals surface area contributed by atoms with E-state index in [1.165, 1.54) is 33.3 Å². The molecule has 0 aliphatic carbocycles. The van der Waals surface area contributed by atoms with Gasteiger partial charge in [0.25, 0.3) is 0 Å². The van der Waals surface area contributed by atoms with Gasteiger partial charge in [-0.1, -0.05) is 65.7 Å². The van der Waals surface area contributed by atoms with E-state index in [-0.39, 0.29) is 0 Å². The van der Waals surface area contributed by atoms with E-state index in [1.54, 1.807) is 0 Å². The zero-order valence-corrected chi connectivity index (χ0v) is 15.0. The Bertz CT molecular complexity index is 1040. The molecule has 0 amide bonds. The average molecular weight is 326 g/mol. The first-order valence-electron chi connectivity index (χ1n) is 8.70. The number of para-hydroxylation sites is 2. The second-order valence-electron chi connectivity index (χ2n) is 6.81. The Balaban J connectivity index is 1.90.